The molecule has 0 heterocycles. The van der Waals surface area contributed by atoms with Crippen molar-refractivity contribution in [3.05, 3.63) is 6.25 Å². The van der Waals surface area contributed by atoms with E-state index in [0.29, 0.717) is 0 Å². The number of hydrogen-bond acceptors (Lipinski definition) is 0. The zero-order valence-corrected chi connectivity index (χ0v) is 6.98. The van der Waals surface area contributed by atoms with Gasteiger partial charge in [-0.25, -0.2) is 0 Å². The Morgan fingerprint density at radius 1 is 1.80 bits per heavy atom. The molecule has 0 unspecified atom stereocenters. The van der Waals surface area contributed by atoms with Gasteiger partial charge in [0.25, 0.3) is 0 Å². The second-order valence-electron chi connectivity index (χ2n) is 0.977. The fraction of sp³-hybridized carbons (Fsp3) is 0.500. The molecule has 0 aliphatic rings. The average molecular weight is 94.2 g/mol. The van der Waals surface area contributed by atoms with Gasteiger partial charge in [0, 0.05) is 0 Å². The molecule has 0 atom stereocenters. The normalized spacial score (nSPS) is 10.2. The van der Waals surface area contributed by atoms with Gasteiger partial charge in [0.2, 0.25) is 0 Å². The summed E-state index contributed by atoms with van der Waals surface area (Å²) in [5, 5.41) is 0. The molecule has 0 aliphatic heterocycles. The van der Waals surface area contributed by atoms with Crippen molar-refractivity contribution >= 4 is 49.0 Å². The summed E-state index contributed by atoms with van der Waals surface area (Å²) in [6, 6.07) is 0. The summed E-state index contributed by atoms with van der Waals surface area (Å²) in [5.41, 5.74) is 0. The number of allylic oxidation sites excluding steroid dienone is 1. The molecule has 0 saturated carbocycles. The molecule has 0 radical (unpaired) electrons. The van der Waals surface area contributed by atoms with Crippen LogP contribution >= 0.6 is 0 Å². The van der Waals surface area contributed by atoms with E-state index < -0.39 is 0 Å². The van der Waals surface area contributed by atoms with Gasteiger partial charge in [0.15, 0.2) is 0 Å². The molecule has 0 amide bonds. The van der Waals surface area contributed by atoms with Crippen molar-refractivity contribution in [3.8, 4) is 0 Å². The molecule has 0 nitrogen and oxygen atoms in total. The molecule has 1 heteroatoms. The van der Waals surface area contributed by atoms with E-state index in [-0.39, 0.29) is 0 Å². The van der Waals surface area contributed by atoms with E-state index in [1.165, 1.54) is 6.42 Å². The van der Waals surface area contributed by atoms with Crippen LogP contribution in [-0.4, -0.2) is 49.0 Å². The number of rotatable bonds is 1. The van der Waals surface area contributed by atoms with Crippen LogP contribution in [0.2, 0.25) is 0 Å². The molecule has 0 saturated heterocycles. The molecule has 0 fully saturated rings. The van der Waals surface area contributed by atoms with Gasteiger partial charge in [-0.15, -0.1) is 0 Å². The predicted octanol–water partition coefficient (Wildman–Crippen LogP) is 1.08. The molecule has 0 bridgehead atoms. The number of hydrogen-bond donors (Lipinski definition) is 0. The Bertz CT molecular complexity index is 30.6. The van der Waals surface area contributed by atoms with Gasteiger partial charge in [-0.05, 0) is 0 Å². The van der Waals surface area contributed by atoms with Gasteiger partial charge in [-0.1, -0.05) is 0 Å². The first-order valence-corrected chi connectivity index (χ1v) is 3.83. The molecule has 0 spiro atoms. The van der Waals surface area contributed by atoms with Crippen LogP contribution in [-0.2, 0) is 0 Å². The third-order valence-electron chi connectivity index (χ3n) is 0.471. The topological polar surface area (TPSA) is 0 Å². The first-order valence-electron chi connectivity index (χ1n) is 2.03. The Labute approximate surface area is 67.2 Å². The van der Waals surface area contributed by atoms with Crippen molar-refractivity contribution < 1.29 is 0 Å². The SMILES string of the molecule is CCC=[CH][K]. The Balaban J connectivity index is 2.62. The van der Waals surface area contributed by atoms with Gasteiger partial charge < -0.3 is 0 Å². The van der Waals surface area contributed by atoms with Crippen LogP contribution in [0.15, 0.2) is 6.25 Å². The van der Waals surface area contributed by atoms with Crippen molar-refractivity contribution in [2.24, 2.45) is 0 Å². The van der Waals surface area contributed by atoms with E-state index in [2.05, 4.69) is 13.2 Å². The van der Waals surface area contributed by atoms with E-state index in [4.69, 9.17) is 0 Å². The van der Waals surface area contributed by atoms with Crippen LogP contribution in [0.3, 0.4) is 0 Å². The molecule has 0 N–H and O–H groups in total. The van der Waals surface area contributed by atoms with E-state index in [9.17, 15) is 0 Å². The Hall–Kier alpha value is 1.38. The van der Waals surface area contributed by atoms with Crippen LogP contribution in [0.4, 0.5) is 0 Å². The van der Waals surface area contributed by atoms with Crippen LogP contribution in [0.5, 0.6) is 0 Å². The summed E-state index contributed by atoms with van der Waals surface area (Å²) >= 11 is 0.934. The first-order chi connectivity index (χ1) is 2.41. The van der Waals surface area contributed by atoms with Crippen molar-refractivity contribution in [3.63, 3.8) is 0 Å². The van der Waals surface area contributed by atoms with Crippen LogP contribution in [0.1, 0.15) is 13.3 Å². The molecular weight excluding hydrogens is 87.1 g/mol. The van der Waals surface area contributed by atoms with E-state index in [0.717, 1.165) is 49.0 Å². The summed E-state index contributed by atoms with van der Waals surface area (Å²) in [6.45, 7) is 2.15. The molecule has 24 valence electrons. The van der Waals surface area contributed by atoms with Gasteiger partial charge >= 0.3 is 68.5 Å². The fourth-order valence-corrected chi connectivity index (χ4v) is 0.972. The zero-order valence-electron chi connectivity index (χ0n) is 3.86. The maximum absolute atomic E-state index is 2.24. The second-order valence-corrected chi connectivity index (χ2v) is 2.02. The quantitative estimate of drug-likeness (QED) is 0.426. The first kappa shape index (κ1) is 6.38. The van der Waals surface area contributed by atoms with E-state index >= 15 is 0 Å². The summed E-state index contributed by atoms with van der Waals surface area (Å²) in [5.74, 6) is 0. The Morgan fingerprint density at radius 3 is 2.40 bits per heavy atom. The van der Waals surface area contributed by atoms with Gasteiger partial charge in [0.05, 0.1) is 0 Å². The summed E-state index contributed by atoms with van der Waals surface area (Å²) in [6.07, 6.45) is 3.42. The average Bonchev–Trinajstić information content (AvgIpc) is 1.41. The molecule has 0 aromatic carbocycles. The zero-order chi connectivity index (χ0) is 4.12. The van der Waals surface area contributed by atoms with Crippen molar-refractivity contribution in [1.82, 2.24) is 0 Å². The van der Waals surface area contributed by atoms with E-state index in [1.807, 2.05) is 0 Å². The van der Waals surface area contributed by atoms with Gasteiger partial charge in [0.1, 0.15) is 0 Å². The van der Waals surface area contributed by atoms with Crippen LogP contribution in [0, 0.1) is 0 Å². The minimum atomic E-state index is 0.934. The van der Waals surface area contributed by atoms with Crippen molar-refractivity contribution in [2.75, 3.05) is 0 Å². The maximum atomic E-state index is 2.24. The summed E-state index contributed by atoms with van der Waals surface area (Å²) < 4.78 is 2.24. The summed E-state index contributed by atoms with van der Waals surface area (Å²) in [7, 11) is 0. The van der Waals surface area contributed by atoms with Crippen LogP contribution in [0.25, 0.3) is 0 Å². The molecule has 5 heavy (non-hydrogen) atoms. The second kappa shape index (κ2) is 5.38. The summed E-state index contributed by atoms with van der Waals surface area (Å²) in [4.78, 5) is 0. The third kappa shape index (κ3) is 5.38. The molecule has 0 rings (SSSR count). The fourth-order valence-electron chi connectivity index (χ4n) is 0.236. The van der Waals surface area contributed by atoms with Gasteiger partial charge in [-0.3, -0.25) is 0 Å². The predicted molar refractivity (Wildman–Crippen MR) is 25.2 cm³/mol. The standard InChI is InChI=1S/C4H7.K/c1-3-4-2;/h1,3H,4H2,2H3;. The Kier molecular flexibility index (Phi) is 6.86. The molecule has 0 aromatic heterocycles. The molecule has 0 aliphatic carbocycles. The third-order valence-corrected chi connectivity index (χ3v) is 1.21. The van der Waals surface area contributed by atoms with Crippen molar-refractivity contribution in [2.45, 2.75) is 13.3 Å². The Morgan fingerprint density at radius 2 is 2.40 bits per heavy atom. The monoisotopic (exact) mass is 94.0 g/mol. The molecule has 0 aromatic rings. The molecular formula is C4H7K. The van der Waals surface area contributed by atoms with Crippen molar-refractivity contribution in [1.29, 1.82) is 0 Å². The van der Waals surface area contributed by atoms with E-state index in [1.54, 1.807) is 0 Å². The minimum absolute atomic E-state index is 0.934. The van der Waals surface area contributed by atoms with Gasteiger partial charge in [-0.2, -0.15) is 0 Å². The van der Waals surface area contributed by atoms with Crippen LogP contribution < -0.4 is 0 Å².